The largest absolute Gasteiger partial charge is 0.493 e. The predicted molar refractivity (Wildman–Crippen MR) is 82.5 cm³/mol. The number of nitrogens with zero attached hydrogens (tertiary/aromatic N) is 2. The predicted octanol–water partition coefficient (Wildman–Crippen LogP) is 1.93. The van der Waals surface area contributed by atoms with E-state index in [1.807, 2.05) is 0 Å². The molecule has 0 spiro atoms. The van der Waals surface area contributed by atoms with Crippen LogP contribution in [0.3, 0.4) is 0 Å². The van der Waals surface area contributed by atoms with E-state index in [4.69, 9.17) is 4.74 Å². The molecule has 1 amide bonds. The minimum Gasteiger partial charge on any atom is -0.493 e. The Labute approximate surface area is 137 Å². The fourth-order valence-corrected chi connectivity index (χ4v) is 1.85. The van der Waals surface area contributed by atoms with Crippen LogP contribution in [0.4, 0.5) is 14.7 Å². The Hall–Kier alpha value is -2.97. The molecule has 0 atom stereocenters. The molecule has 0 radical (unpaired) electrons. The van der Waals surface area contributed by atoms with Crippen LogP contribution < -0.4 is 20.1 Å². The van der Waals surface area contributed by atoms with Crippen LogP contribution >= 0.6 is 0 Å². The number of benzene rings is 1. The average molecular weight is 338 g/mol. The number of carbonyl (C=O) groups is 1. The Balaban J connectivity index is 1.89. The number of methoxy groups -OCH3 is 1. The molecule has 1 heterocycles. The summed E-state index contributed by atoms with van der Waals surface area (Å²) in [6.07, 6.45) is 3.19. The number of nitrogens with one attached hydrogen (secondary N) is 2. The smallest absolute Gasteiger partial charge is 0.387 e. The molecule has 1 aromatic heterocycles. The maximum absolute atomic E-state index is 12.4. The van der Waals surface area contributed by atoms with Gasteiger partial charge in [0.2, 0.25) is 5.95 Å². The maximum atomic E-state index is 12.4. The molecule has 128 valence electrons. The number of amides is 1. The molecule has 7 nitrogen and oxygen atoms in total. The highest BCUT2D eigenvalue weighted by Crippen LogP contribution is 2.29. The molecule has 0 fully saturated rings. The molecule has 0 unspecified atom stereocenters. The third-order valence-electron chi connectivity index (χ3n) is 2.90. The Bertz CT molecular complexity index is 671. The number of aromatic nitrogens is 2. The SMILES string of the molecule is COc1ccc(C(=O)NCCNc2ncccn2)cc1OC(F)F. The lowest BCUT2D eigenvalue weighted by Crippen LogP contribution is -2.29. The van der Waals surface area contributed by atoms with Gasteiger partial charge in [0, 0.05) is 31.0 Å². The van der Waals surface area contributed by atoms with Crippen molar-refractivity contribution in [2.75, 3.05) is 25.5 Å². The number of halogens is 2. The molecule has 0 bridgehead atoms. The highest BCUT2D eigenvalue weighted by molar-refractivity contribution is 5.94. The minimum absolute atomic E-state index is 0.120. The first-order valence-corrected chi connectivity index (χ1v) is 7.02. The van der Waals surface area contributed by atoms with Crippen LogP contribution in [-0.2, 0) is 0 Å². The molecule has 0 aliphatic rings. The summed E-state index contributed by atoms with van der Waals surface area (Å²) in [5.41, 5.74) is 0.183. The zero-order valence-corrected chi connectivity index (χ0v) is 12.8. The molecule has 24 heavy (non-hydrogen) atoms. The van der Waals surface area contributed by atoms with Gasteiger partial charge >= 0.3 is 6.61 Å². The van der Waals surface area contributed by atoms with Crippen LogP contribution in [0.25, 0.3) is 0 Å². The summed E-state index contributed by atoms with van der Waals surface area (Å²) in [5.74, 6) is -0.0536. The van der Waals surface area contributed by atoms with Gasteiger partial charge in [0.1, 0.15) is 0 Å². The second kappa shape index (κ2) is 8.61. The van der Waals surface area contributed by atoms with E-state index in [2.05, 4.69) is 25.3 Å². The normalized spacial score (nSPS) is 10.3. The van der Waals surface area contributed by atoms with Crippen LogP contribution in [0.2, 0.25) is 0 Å². The van der Waals surface area contributed by atoms with Crippen molar-refractivity contribution in [3.63, 3.8) is 0 Å². The highest BCUT2D eigenvalue weighted by Gasteiger charge is 2.14. The van der Waals surface area contributed by atoms with Crippen molar-refractivity contribution in [3.8, 4) is 11.5 Å². The van der Waals surface area contributed by atoms with Gasteiger partial charge < -0.3 is 20.1 Å². The first-order chi connectivity index (χ1) is 11.6. The fourth-order valence-electron chi connectivity index (χ4n) is 1.85. The van der Waals surface area contributed by atoms with E-state index in [1.165, 1.54) is 25.3 Å². The lowest BCUT2D eigenvalue weighted by Gasteiger charge is -2.12. The average Bonchev–Trinajstić information content (AvgIpc) is 2.59. The second-order valence-corrected chi connectivity index (χ2v) is 4.50. The molecule has 1 aromatic carbocycles. The van der Waals surface area contributed by atoms with Gasteiger partial charge in [-0.25, -0.2) is 9.97 Å². The van der Waals surface area contributed by atoms with E-state index in [0.29, 0.717) is 19.0 Å². The number of hydrogen-bond acceptors (Lipinski definition) is 6. The summed E-state index contributed by atoms with van der Waals surface area (Å²) >= 11 is 0. The molecule has 0 aliphatic heterocycles. The van der Waals surface area contributed by atoms with E-state index in [9.17, 15) is 13.6 Å². The first-order valence-electron chi connectivity index (χ1n) is 7.02. The van der Waals surface area contributed by atoms with E-state index in [0.717, 1.165) is 0 Å². The number of rotatable bonds is 8. The number of anilines is 1. The molecule has 9 heteroatoms. The van der Waals surface area contributed by atoms with Gasteiger partial charge in [0.25, 0.3) is 5.91 Å². The van der Waals surface area contributed by atoms with E-state index < -0.39 is 12.5 Å². The van der Waals surface area contributed by atoms with Crippen molar-refractivity contribution in [1.82, 2.24) is 15.3 Å². The fraction of sp³-hybridized carbons (Fsp3) is 0.267. The Morgan fingerprint density at radius 1 is 1.21 bits per heavy atom. The van der Waals surface area contributed by atoms with Crippen LogP contribution in [-0.4, -0.2) is 42.7 Å². The topological polar surface area (TPSA) is 85.4 Å². The molecular weight excluding hydrogens is 322 g/mol. The molecule has 2 N–H and O–H groups in total. The summed E-state index contributed by atoms with van der Waals surface area (Å²) in [6, 6.07) is 5.74. The third-order valence-corrected chi connectivity index (χ3v) is 2.90. The van der Waals surface area contributed by atoms with Crippen molar-refractivity contribution in [2.24, 2.45) is 0 Å². The summed E-state index contributed by atoms with van der Waals surface area (Å²) in [5, 5.41) is 5.57. The number of hydrogen-bond donors (Lipinski definition) is 2. The maximum Gasteiger partial charge on any atom is 0.387 e. The van der Waals surface area contributed by atoms with Gasteiger partial charge in [-0.05, 0) is 24.3 Å². The zero-order valence-electron chi connectivity index (χ0n) is 12.8. The van der Waals surface area contributed by atoms with Gasteiger partial charge in [0.05, 0.1) is 7.11 Å². The van der Waals surface area contributed by atoms with Gasteiger partial charge in [-0.15, -0.1) is 0 Å². The minimum atomic E-state index is -3.01. The summed E-state index contributed by atoms with van der Waals surface area (Å²) in [6.45, 7) is -2.30. The zero-order chi connectivity index (χ0) is 17.4. The Kier molecular flexibility index (Phi) is 6.23. The number of carbonyl (C=O) groups excluding carboxylic acids is 1. The standard InChI is InChI=1S/C15H16F2N4O3/c1-23-11-4-3-10(9-12(11)24-14(16)17)13(22)18-7-8-21-15-19-5-2-6-20-15/h2-6,9,14H,7-8H2,1H3,(H,18,22)(H,19,20,21). The molecule has 0 aliphatic carbocycles. The summed E-state index contributed by atoms with van der Waals surface area (Å²) < 4.78 is 34.0. The third kappa shape index (κ3) is 5.04. The first kappa shape index (κ1) is 17.4. The van der Waals surface area contributed by atoms with Gasteiger partial charge in [-0.1, -0.05) is 0 Å². The molecular formula is C15H16F2N4O3. The second-order valence-electron chi connectivity index (χ2n) is 4.50. The number of alkyl halides is 2. The van der Waals surface area contributed by atoms with Crippen molar-refractivity contribution >= 4 is 11.9 Å². The van der Waals surface area contributed by atoms with Crippen LogP contribution in [0.5, 0.6) is 11.5 Å². The number of ether oxygens (including phenoxy) is 2. The molecule has 2 aromatic rings. The van der Waals surface area contributed by atoms with Gasteiger partial charge in [-0.2, -0.15) is 8.78 Å². The van der Waals surface area contributed by atoms with Crippen molar-refractivity contribution in [2.45, 2.75) is 6.61 Å². The van der Waals surface area contributed by atoms with Crippen molar-refractivity contribution < 1.29 is 23.0 Å². The molecule has 0 saturated heterocycles. The van der Waals surface area contributed by atoms with E-state index >= 15 is 0 Å². The lowest BCUT2D eigenvalue weighted by atomic mass is 10.2. The summed E-state index contributed by atoms with van der Waals surface area (Å²) in [7, 11) is 1.32. The van der Waals surface area contributed by atoms with Gasteiger partial charge in [0.15, 0.2) is 11.5 Å². The Morgan fingerprint density at radius 3 is 2.62 bits per heavy atom. The van der Waals surface area contributed by atoms with Crippen LogP contribution in [0, 0.1) is 0 Å². The van der Waals surface area contributed by atoms with Crippen molar-refractivity contribution in [3.05, 3.63) is 42.2 Å². The summed E-state index contributed by atoms with van der Waals surface area (Å²) in [4.78, 5) is 20.0. The van der Waals surface area contributed by atoms with E-state index in [-0.39, 0.29) is 17.1 Å². The highest BCUT2D eigenvalue weighted by atomic mass is 19.3. The molecule has 0 saturated carbocycles. The molecule has 2 rings (SSSR count). The van der Waals surface area contributed by atoms with Gasteiger partial charge in [-0.3, -0.25) is 4.79 Å². The van der Waals surface area contributed by atoms with Crippen LogP contribution in [0.1, 0.15) is 10.4 Å². The monoisotopic (exact) mass is 338 g/mol. The van der Waals surface area contributed by atoms with Crippen LogP contribution in [0.15, 0.2) is 36.7 Å². The quantitative estimate of drug-likeness (QED) is 0.716. The van der Waals surface area contributed by atoms with Crippen molar-refractivity contribution in [1.29, 1.82) is 0 Å². The lowest BCUT2D eigenvalue weighted by molar-refractivity contribution is -0.0512. The van der Waals surface area contributed by atoms with E-state index in [1.54, 1.807) is 18.5 Å². The Morgan fingerprint density at radius 2 is 1.96 bits per heavy atom.